The molecule has 0 saturated carbocycles. The minimum Gasteiger partial charge on any atom is -0.450 e. The van der Waals surface area contributed by atoms with Crippen LogP contribution >= 0.6 is 0 Å². The van der Waals surface area contributed by atoms with Crippen molar-refractivity contribution < 1.29 is 18.7 Å². The molecular formula is C24H32FN3O3. The molecule has 0 unspecified atom stereocenters. The molecule has 2 saturated heterocycles. The number of rotatable bonds is 5. The molecule has 0 N–H and O–H groups in total. The summed E-state index contributed by atoms with van der Waals surface area (Å²) < 4.78 is 18.9. The van der Waals surface area contributed by atoms with Crippen molar-refractivity contribution in [2.45, 2.75) is 38.7 Å². The Bertz CT molecular complexity index is 851. The highest BCUT2D eigenvalue weighted by molar-refractivity contribution is 6.07. The van der Waals surface area contributed by atoms with Crippen LogP contribution in [0.1, 0.15) is 32.3 Å². The molecule has 3 aliphatic heterocycles. The van der Waals surface area contributed by atoms with Gasteiger partial charge in [-0.3, -0.25) is 9.69 Å². The maximum Gasteiger partial charge on any atom is 0.335 e. The Labute approximate surface area is 183 Å². The number of ether oxygens (including phenoxy) is 1. The molecule has 7 heteroatoms. The zero-order valence-corrected chi connectivity index (χ0v) is 18.5. The quantitative estimate of drug-likeness (QED) is 0.672. The van der Waals surface area contributed by atoms with Crippen molar-refractivity contribution in [1.29, 1.82) is 0 Å². The van der Waals surface area contributed by atoms with E-state index in [0.29, 0.717) is 37.1 Å². The maximum absolute atomic E-state index is 13.5. The van der Waals surface area contributed by atoms with Gasteiger partial charge in [0.1, 0.15) is 11.4 Å². The molecule has 1 aromatic carbocycles. The van der Waals surface area contributed by atoms with E-state index in [1.165, 1.54) is 12.1 Å². The summed E-state index contributed by atoms with van der Waals surface area (Å²) >= 11 is 0. The third-order valence-electron chi connectivity index (χ3n) is 7.04. The summed E-state index contributed by atoms with van der Waals surface area (Å²) in [5, 5.41) is 0. The number of esters is 1. The molecule has 0 atom stereocenters. The lowest BCUT2D eigenvalue weighted by molar-refractivity contribution is -0.151. The number of piperazine rings is 1. The van der Waals surface area contributed by atoms with E-state index in [4.69, 9.17) is 4.74 Å². The average Bonchev–Trinajstić information content (AvgIpc) is 3.03. The molecule has 4 rings (SSSR count). The van der Waals surface area contributed by atoms with Gasteiger partial charge >= 0.3 is 5.97 Å². The molecule has 1 amide bonds. The van der Waals surface area contributed by atoms with Crippen molar-refractivity contribution in [2.75, 3.05) is 52.4 Å². The number of piperidine rings is 1. The summed E-state index contributed by atoms with van der Waals surface area (Å²) in [6.45, 7) is 10.3. The summed E-state index contributed by atoms with van der Waals surface area (Å²) in [6.07, 6.45) is 2.23. The van der Waals surface area contributed by atoms with Gasteiger partial charge in [-0.05, 0) is 37.6 Å². The van der Waals surface area contributed by atoms with Crippen LogP contribution in [0, 0.1) is 5.82 Å². The Balaban J connectivity index is 1.36. The summed E-state index contributed by atoms with van der Waals surface area (Å²) in [5.74, 6) is -0.592. The number of halogens is 1. The minimum absolute atomic E-state index is 0.0357. The molecule has 0 radical (unpaired) electrons. The molecule has 1 aromatic rings. The van der Waals surface area contributed by atoms with Crippen LogP contribution in [0.2, 0.25) is 0 Å². The van der Waals surface area contributed by atoms with E-state index in [2.05, 4.69) is 16.7 Å². The Kier molecular flexibility index (Phi) is 6.44. The highest BCUT2D eigenvalue weighted by Gasteiger charge is 2.51. The minimum atomic E-state index is -0.746. The fourth-order valence-electron chi connectivity index (χ4n) is 4.96. The van der Waals surface area contributed by atoms with E-state index in [0.717, 1.165) is 51.3 Å². The van der Waals surface area contributed by atoms with Gasteiger partial charge in [0.05, 0.1) is 5.57 Å². The monoisotopic (exact) mass is 429 g/mol. The Hall–Kier alpha value is -2.25. The lowest BCUT2D eigenvalue weighted by Crippen LogP contribution is -2.53. The molecule has 2 fully saturated rings. The second kappa shape index (κ2) is 9.09. The van der Waals surface area contributed by atoms with Crippen LogP contribution in [0.25, 0.3) is 0 Å². The van der Waals surface area contributed by atoms with Crippen molar-refractivity contribution in [3.8, 4) is 0 Å². The third kappa shape index (κ3) is 4.53. The number of likely N-dealkylation sites (tertiary alicyclic amines) is 1. The lowest BCUT2D eigenvalue weighted by Gasteiger charge is -2.41. The van der Waals surface area contributed by atoms with Gasteiger partial charge in [0.2, 0.25) is 0 Å². The predicted molar refractivity (Wildman–Crippen MR) is 116 cm³/mol. The molecule has 3 heterocycles. The van der Waals surface area contributed by atoms with Gasteiger partial charge in [-0.15, -0.1) is 0 Å². The van der Waals surface area contributed by atoms with Gasteiger partial charge in [0, 0.05) is 64.2 Å². The fourth-order valence-corrected chi connectivity index (χ4v) is 4.96. The van der Waals surface area contributed by atoms with Crippen LogP contribution in [0.4, 0.5) is 4.39 Å². The zero-order valence-electron chi connectivity index (χ0n) is 18.5. The first-order valence-electron chi connectivity index (χ1n) is 11.3. The van der Waals surface area contributed by atoms with Gasteiger partial charge in [-0.1, -0.05) is 19.1 Å². The van der Waals surface area contributed by atoms with E-state index in [-0.39, 0.29) is 17.7 Å². The summed E-state index contributed by atoms with van der Waals surface area (Å²) in [5.41, 5.74) is 1.44. The Morgan fingerprint density at radius 3 is 2.29 bits per heavy atom. The first-order chi connectivity index (χ1) is 14.9. The van der Waals surface area contributed by atoms with E-state index < -0.39 is 5.60 Å². The largest absolute Gasteiger partial charge is 0.450 e. The third-order valence-corrected chi connectivity index (χ3v) is 7.04. The van der Waals surface area contributed by atoms with Gasteiger partial charge in [-0.25, -0.2) is 9.18 Å². The number of carbonyl (C=O) groups is 2. The molecule has 31 heavy (non-hydrogen) atoms. The van der Waals surface area contributed by atoms with Crippen LogP contribution in [0.5, 0.6) is 0 Å². The summed E-state index contributed by atoms with van der Waals surface area (Å²) in [4.78, 5) is 32.4. The zero-order chi connectivity index (χ0) is 22.0. The predicted octanol–water partition coefficient (Wildman–Crippen LogP) is 2.24. The molecule has 3 aliphatic rings. The highest BCUT2D eigenvalue weighted by Crippen LogP contribution is 2.41. The summed E-state index contributed by atoms with van der Waals surface area (Å²) in [6, 6.07) is 6.64. The average molecular weight is 430 g/mol. The topological polar surface area (TPSA) is 53.1 Å². The molecule has 6 nitrogen and oxygen atoms in total. The van der Waals surface area contributed by atoms with E-state index in [1.54, 1.807) is 6.92 Å². The Morgan fingerprint density at radius 1 is 1.03 bits per heavy atom. The number of nitrogens with zero attached hydrogens (tertiary/aromatic N) is 3. The number of hydrogen-bond acceptors (Lipinski definition) is 5. The SMILES string of the molecule is CCN1CCC2(CC1)OC(=O)C(C)=C2C(=O)N1CCN(CCc2ccc(F)cc2)CC1. The number of hydrogen-bond donors (Lipinski definition) is 0. The number of amides is 1. The second-order valence-electron chi connectivity index (χ2n) is 8.83. The van der Waals surface area contributed by atoms with Crippen molar-refractivity contribution in [3.63, 3.8) is 0 Å². The molecule has 0 aliphatic carbocycles. The van der Waals surface area contributed by atoms with Crippen LogP contribution in [0.3, 0.4) is 0 Å². The van der Waals surface area contributed by atoms with E-state index >= 15 is 0 Å². The first-order valence-corrected chi connectivity index (χ1v) is 11.3. The lowest BCUT2D eigenvalue weighted by atomic mass is 9.82. The molecular weight excluding hydrogens is 397 g/mol. The first kappa shape index (κ1) is 22.0. The van der Waals surface area contributed by atoms with Gasteiger partial charge < -0.3 is 14.5 Å². The standard InChI is InChI=1S/C24H32FN3O3/c1-3-26-12-9-24(10-13-26)21(18(2)23(30)31-24)22(29)28-16-14-27(15-17-28)11-8-19-4-6-20(25)7-5-19/h4-7H,3,8-17H2,1-2H3. The summed E-state index contributed by atoms with van der Waals surface area (Å²) in [7, 11) is 0. The van der Waals surface area contributed by atoms with Crippen LogP contribution in [-0.4, -0.2) is 84.5 Å². The highest BCUT2D eigenvalue weighted by atomic mass is 19.1. The molecule has 0 bridgehead atoms. The fraction of sp³-hybridized carbons (Fsp3) is 0.583. The van der Waals surface area contributed by atoms with Crippen molar-refractivity contribution in [1.82, 2.24) is 14.7 Å². The number of carbonyl (C=O) groups excluding carboxylic acids is 2. The second-order valence-corrected chi connectivity index (χ2v) is 8.83. The molecule has 1 spiro atoms. The van der Waals surface area contributed by atoms with E-state index in [1.807, 2.05) is 17.0 Å². The molecule has 168 valence electrons. The Morgan fingerprint density at radius 2 is 1.68 bits per heavy atom. The maximum atomic E-state index is 13.5. The van der Waals surface area contributed by atoms with E-state index in [9.17, 15) is 14.0 Å². The van der Waals surface area contributed by atoms with Gasteiger partial charge in [-0.2, -0.15) is 0 Å². The van der Waals surface area contributed by atoms with Gasteiger partial charge in [0.25, 0.3) is 5.91 Å². The van der Waals surface area contributed by atoms with Crippen molar-refractivity contribution >= 4 is 11.9 Å². The number of benzene rings is 1. The normalized spacial score (nSPS) is 22.3. The van der Waals surface area contributed by atoms with Crippen LogP contribution in [-0.2, 0) is 20.7 Å². The molecule has 0 aromatic heterocycles. The van der Waals surface area contributed by atoms with Crippen molar-refractivity contribution in [2.24, 2.45) is 0 Å². The van der Waals surface area contributed by atoms with Crippen molar-refractivity contribution in [3.05, 3.63) is 46.8 Å². The van der Waals surface area contributed by atoms with Crippen LogP contribution < -0.4 is 0 Å². The smallest absolute Gasteiger partial charge is 0.335 e. The van der Waals surface area contributed by atoms with Gasteiger partial charge in [0.15, 0.2) is 0 Å². The van der Waals surface area contributed by atoms with Crippen LogP contribution in [0.15, 0.2) is 35.4 Å².